The molecular formula is C48H65N5O13. The van der Waals surface area contributed by atoms with Gasteiger partial charge in [0.25, 0.3) is 11.7 Å². The predicted molar refractivity (Wildman–Crippen MR) is 243 cm³/mol. The summed E-state index contributed by atoms with van der Waals surface area (Å²) in [6.45, 7) is 18.6. The summed E-state index contributed by atoms with van der Waals surface area (Å²) in [7, 11) is 1.45. The van der Waals surface area contributed by atoms with Crippen LogP contribution in [0.15, 0.2) is 51.3 Å². The van der Waals surface area contributed by atoms with E-state index in [9.17, 15) is 39.9 Å². The smallest absolute Gasteiger partial charge is 0.344 e. The van der Waals surface area contributed by atoms with E-state index in [4.69, 9.17) is 33.8 Å². The SMILES string of the molecule is CO[C@H]1/C=C/O[C@@]2(C)Oc3c(C)c(O)c4c(O)c(c5c(c4c3/C2=N/OCC(=O)O)=NC2(CCN(CC(C)C)CC2)N=5)NC(=O)/C(C)=C\C=C\[C@H](C)[C@H](O)[C@@H](C)[C@@H](O)[C@@H](C)[C@H](OC(C)=O)[C@@H]1C. The number of carboxylic acids is 1. The van der Waals surface area contributed by atoms with Gasteiger partial charge in [0.1, 0.15) is 28.6 Å². The quantitative estimate of drug-likeness (QED) is 0.128. The van der Waals surface area contributed by atoms with E-state index in [1.165, 1.54) is 27.2 Å². The summed E-state index contributed by atoms with van der Waals surface area (Å²) in [5.41, 5.74) is -0.608. The zero-order valence-corrected chi connectivity index (χ0v) is 39.6. The van der Waals surface area contributed by atoms with Gasteiger partial charge in [-0.2, -0.15) is 0 Å². The van der Waals surface area contributed by atoms with Gasteiger partial charge in [-0.3, -0.25) is 19.6 Å². The molecule has 1 spiro atoms. The molecule has 18 nitrogen and oxygen atoms in total. The number of aliphatic hydroxyl groups excluding tert-OH is 2. The Morgan fingerprint density at radius 1 is 0.985 bits per heavy atom. The third kappa shape index (κ3) is 9.78. The van der Waals surface area contributed by atoms with Gasteiger partial charge < -0.3 is 59.5 Å². The summed E-state index contributed by atoms with van der Waals surface area (Å²) in [5.74, 6) is -7.28. The zero-order chi connectivity index (χ0) is 48.6. The summed E-state index contributed by atoms with van der Waals surface area (Å²) in [5, 5.41) is 64.6. The van der Waals surface area contributed by atoms with Gasteiger partial charge in [-0.15, -0.1) is 0 Å². The molecule has 1 fully saturated rings. The van der Waals surface area contributed by atoms with Gasteiger partial charge in [0.2, 0.25) is 6.61 Å². The molecule has 6 N–H and O–H groups in total. The second-order valence-corrected chi connectivity index (χ2v) is 18.7. The zero-order valence-electron chi connectivity index (χ0n) is 39.6. The third-order valence-corrected chi connectivity index (χ3v) is 13.3. The van der Waals surface area contributed by atoms with Crippen LogP contribution in [0.4, 0.5) is 5.69 Å². The number of oxime groups is 1. The minimum absolute atomic E-state index is 0.0730. The van der Waals surface area contributed by atoms with Crippen LogP contribution in [-0.2, 0) is 33.4 Å². The van der Waals surface area contributed by atoms with Crippen LogP contribution >= 0.6 is 0 Å². The Labute approximate surface area is 384 Å². The van der Waals surface area contributed by atoms with Crippen molar-refractivity contribution in [3.05, 3.63) is 58.0 Å². The average Bonchev–Trinajstić information content (AvgIpc) is 3.77. The monoisotopic (exact) mass is 919 g/mol. The highest BCUT2D eigenvalue weighted by Crippen LogP contribution is 2.50. The van der Waals surface area contributed by atoms with E-state index in [2.05, 4.69) is 29.2 Å². The van der Waals surface area contributed by atoms with Crippen molar-refractivity contribution in [2.45, 2.75) is 118 Å². The second-order valence-electron chi connectivity index (χ2n) is 18.7. The van der Waals surface area contributed by atoms with Crippen molar-refractivity contribution in [1.82, 2.24) is 4.90 Å². The summed E-state index contributed by atoms with van der Waals surface area (Å²) in [4.78, 5) is 56.4. The number of carbonyl (C=O) groups is 3. The number of hydrogen-bond acceptors (Lipinski definition) is 16. The highest BCUT2D eigenvalue weighted by molar-refractivity contribution is 6.21. The lowest BCUT2D eigenvalue weighted by Gasteiger charge is -2.38. The van der Waals surface area contributed by atoms with Crippen molar-refractivity contribution in [2.75, 3.05) is 38.7 Å². The first-order chi connectivity index (χ1) is 31.0. The van der Waals surface area contributed by atoms with E-state index in [1.807, 2.05) is 0 Å². The number of anilines is 1. The lowest BCUT2D eigenvalue weighted by Crippen LogP contribution is -2.46. The van der Waals surface area contributed by atoms with E-state index in [-0.39, 0.29) is 55.3 Å². The fraction of sp³-hybridized carbons (Fsp3) is 0.583. The molecule has 0 radical (unpaired) electrons. The second kappa shape index (κ2) is 19.7. The number of nitrogens with one attached hydrogen (secondary N) is 1. The summed E-state index contributed by atoms with van der Waals surface area (Å²) in [6.07, 6.45) is 4.82. The van der Waals surface area contributed by atoms with Gasteiger partial charge in [0.15, 0.2) is 17.1 Å². The van der Waals surface area contributed by atoms with Crippen molar-refractivity contribution in [3.8, 4) is 17.2 Å². The lowest BCUT2D eigenvalue weighted by atomic mass is 9.78. The Morgan fingerprint density at radius 3 is 2.27 bits per heavy atom. The molecule has 66 heavy (non-hydrogen) atoms. The molecule has 360 valence electrons. The van der Waals surface area contributed by atoms with Crippen LogP contribution in [0.1, 0.15) is 86.3 Å². The number of phenolic OH excluding ortho intramolecular Hbond substituents is 2. The van der Waals surface area contributed by atoms with Gasteiger partial charge in [-0.05, 0) is 25.8 Å². The van der Waals surface area contributed by atoms with Crippen LogP contribution < -0.4 is 20.8 Å². The van der Waals surface area contributed by atoms with Crippen molar-refractivity contribution in [3.63, 3.8) is 0 Å². The molecule has 4 aliphatic heterocycles. The number of carboxylic acid groups (broad SMARTS) is 1. The minimum atomic E-state index is -1.89. The molecule has 4 bridgehead atoms. The molecule has 6 rings (SSSR count). The van der Waals surface area contributed by atoms with Crippen LogP contribution in [0, 0.1) is 36.5 Å². The molecule has 9 atom stereocenters. The molecule has 4 heterocycles. The van der Waals surface area contributed by atoms with Crippen LogP contribution in [0.25, 0.3) is 10.8 Å². The molecule has 1 amide bonds. The molecule has 18 heteroatoms. The Balaban J connectivity index is 1.61. The number of allylic oxidation sites excluding steroid dienone is 2. The Hall–Kier alpha value is -5.56. The van der Waals surface area contributed by atoms with Crippen LogP contribution in [0.3, 0.4) is 0 Å². The number of aromatic hydroxyl groups is 2. The Morgan fingerprint density at radius 2 is 1.65 bits per heavy atom. The number of carbonyl (C=O) groups excluding carboxylic acids is 2. The molecule has 4 aliphatic rings. The van der Waals surface area contributed by atoms with Crippen molar-refractivity contribution in [2.24, 2.45) is 44.7 Å². The van der Waals surface area contributed by atoms with Crippen molar-refractivity contribution < 1.29 is 63.7 Å². The summed E-state index contributed by atoms with van der Waals surface area (Å²) < 4.78 is 24.6. The Kier molecular flexibility index (Phi) is 14.9. The topological polar surface area (TPSA) is 251 Å². The third-order valence-electron chi connectivity index (χ3n) is 13.3. The number of ether oxygens (including phenoxy) is 4. The van der Waals surface area contributed by atoms with Gasteiger partial charge >= 0.3 is 11.9 Å². The van der Waals surface area contributed by atoms with Gasteiger partial charge in [-0.1, -0.05) is 64.9 Å². The van der Waals surface area contributed by atoms with E-state index >= 15 is 0 Å². The fourth-order valence-corrected chi connectivity index (χ4v) is 9.49. The lowest BCUT2D eigenvalue weighted by molar-refractivity contribution is -0.160. The van der Waals surface area contributed by atoms with Gasteiger partial charge in [-0.25, -0.2) is 4.79 Å². The largest absolute Gasteiger partial charge is 0.507 e. The fourth-order valence-electron chi connectivity index (χ4n) is 9.49. The van der Waals surface area contributed by atoms with Crippen LogP contribution in [0.2, 0.25) is 0 Å². The number of benzene rings is 2. The number of likely N-dealkylation sites (tertiary alicyclic amines) is 1. The number of amides is 1. The van der Waals surface area contributed by atoms with Crippen LogP contribution in [0.5, 0.6) is 17.2 Å². The predicted octanol–water partition coefficient (Wildman–Crippen LogP) is 4.37. The number of hydrogen-bond donors (Lipinski definition) is 6. The molecular weight excluding hydrogens is 855 g/mol. The number of esters is 1. The van der Waals surface area contributed by atoms with E-state index in [0.29, 0.717) is 31.8 Å². The maximum absolute atomic E-state index is 14.0. The number of fused-ring (bicyclic) bond motifs is 1. The minimum Gasteiger partial charge on any atom is -0.507 e. The van der Waals surface area contributed by atoms with Gasteiger partial charge in [0, 0.05) is 93.6 Å². The normalized spacial score (nSPS) is 31.6. The molecule has 0 saturated carbocycles. The number of nitrogens with zero attached hydrogens (tertiary/aromatic N) is 4. The van der Waals surface area contributed by atoms with E-state index in [1.54, 1.807) is 65.8 Å². The molecule has 0 unspecified atom stereocenters. The number of phenols is 2. The number of piperidine rings is 1. The van der Waals surface area contributed by atoms with Crippen molar-refractivity contribution >= 4 is 40.0 Å². The van der Waals surface area contributed by atoms with E-state index in [0.717, 1.165) is 6.54 Å². The first-order valence-electron chi connectivity index (χ1n) is 22.5. The van der Waals surface area contributed by atoms with E-state index < -0.39 is 95.5 Å². The van der Waals surface area contributed by atoms with Crippen molar-refractivity contribution in [1.29, 1.82) is 0 Å². The number of methoxy groups -OCH3 is 1. The summed E-state index contributed by atoms with van der Waals surface area (Å²) in [6, 6.07) is 0. The molecule has 2 aromatic carbocycles. The van der Waals surface area contributed by atoms with Crippen LogP contribution in [-0.4, -0.2) is 123 Å². The van der Waals surface area contributed by atoms with Gasteiger partial charge in [0.05, 0.1) is 40.9 Å². The number of aliphatic carboxylic acids is 1. The summed E-state index contributed by atoms with van der Waals surface area (Å²) >= 11 is 0. The number of rotatable bonds is 7. The first kappa shape index (κ1) is 49.9. The maximum Gasteiger partial charge on any atom is 0.344 e. The number of aliphatic hydroxyl groups is 2. The highest BCUT2D eigenvalue weighted by atomic mass is 16.7. The Bertz CT molecular complexity index is 2480. The molecule has 1 saturated heterocycles. The molecule has 2 aromatic rings. The average molecular weight is 920 g/mol. The highest BCUT2D eigenvalue weighted by Gasteiger charge is 2.49. The molecule has 0 aromatic heterocycles. The first-order valence-corrected chi connectivity index (χ1v) is 22.5. The molecule has 0 aliphatic carbocycles. The standard InChI is InChI=1S/C48H65N5O13/c1-23(2)21-53-18-16-48(17-19-53)50-36-33-34-41(59)29(8)44-35(33)45(52-64-22-32(55)56)47(10,66-44)63-20-15-31(62-11)26(5)43(65-30(9)54)28(7)40(58)27(6)39(57)24(3)13-12-14-25(4)46(61)49-38(42(34)60)37(36)51-48/h12-15,20,23-24,26-28,31,39-40,43,57-60H,16-19,21-22H2,1-11H3,(H,49,61)(H,55,56)/b13-12+,20-15+,25-14-,52-45-/t24-,26+,27+,28+,31-,39-,40+,43+,47-/m0/s1. The maximum atomic E-state index is 14.0.